The quantitative estimate of drug-likeness (QED) is 0.535. The maximum Gasteiger partial charge on any atom is -0.00804 e. The number of rotatable bonds is 2. The van der Waals surface area contributed by atoms with Crippen LogP contribution in [0.4, 0.5) is 0 Å². The first-order valence-corrected chi connectivity index (χ1v) is 7.61. The predicted octanol–water partition coefficient (Wildman–Crippen LogP) is 5.73. The molecule has 0 heteroatoms. The van der Waals surface area contributed by atoms with Gasteiger partial charge in [0.1, 0.15) is 0 Å². The van der Waals surface area contributed by atoms with Gasteiger partial charge in [-0.25, -0.2) is 0 Å². The molecule has 0 N–H and O–H groups in total. The highest BCUT2D eigenvalue weighted by Gasteiger charge is 2.49. The molecule has 98 valence electrons. The summed E-state index contributed by atoms with van der Waals surface area (Å²) in [4.78, 5) is 0. The van der Waals surface area contributed by atoms with Crippen LogP contribution in [0.2, 0.25) is 0 Å². The summed E-state index contributed by atoms with van der Waals surface area (Å²) in [5.74, 6) is 0.925. The maximum absolute atomic E-state index is 2.58. The van der Waals surface area contributed by atoms with E-state index in [1.54, 1.807) is 5.57 Å². The SMILES string of the molecule is CCCC1=C(C)CCC2C(C)(C)CCCC12C. The molecule has 2 aliphatic rings. The normalized spacial score (nSPS) is 36.9. The highest BCUT2D eigenvalue weighted by Crippen LogP contribution is 2.60. The van der Waals surface area contributed by atoms with Crippen molar-refractivity contribution >= 4 is 0 Å². The molecule has 17 heavy (non-hydrogen) atoms. The third-order valence-electron chi connectivity index (χ3n) is 5.74. The van der Waals surface area contributed by atoms with Crippen molar-refractivity contribution in [3.8, 4) is 0 Å². The van der Waals surface area contributed by atoms with Gasteiger partial charge in [0.2, 0.25) is 0 Å². The molecule has 0 spiro atoms. The fourth-order valence-corrected chi connectivity index (χ4v) is 4.94. The Kier molecular flexibility index (Phi) is 3.45. The Bertz CT molecular complexity index is 321. The molecule has 0 amide bonds. The summed E-state index contributed by atoms with van der Waals surface area (Å²) in [5, 5.41) is 0. The van der Waals surface area contributed by atoms with Gasteiger partial charge in [-0.1, -0.05) is 51.7 Å². The minimum absolute atomic E-state index is 0.528. The Morgan fingerprint density at radius 3 is 2.53 bits per heavy atom. The van der Waals surface area contributed by atoms with Crippen LogP contribution in [0.15, 0.2) is 11.1 Å². The molecular weight excluding hydrogens is 204 g/mol. The molecule has 0 saturated heterocycles. The van der Waals surface area contributed by atoms with E-state index in [2.05, 4.69) is 34.6 Å². The van der Waals surface area contributed by atoms with Crippen LogP contribution in [0.1, 0.15) is 79.6 Å². The van der Waals surface area contributed by atoms with E-state index in [9.17, 15) is 0 Å². The van der Waals surface area contributed by atoms with Gasteiger partial charge in [0, 0.05) is 0 Å². The molecule has 0 radical (unpaired) electrons. The Balaban J connectivity index is 2.39. The van der Waals surface area contributed by atoms with Gasteiger partial charge in [0.15, 0.2) is 0 Å². The molecule has 0 nitrogen and oxygen atoms in total. The van der Waals surface area contributed by atoms with Crippen molar-refractivity contribution in [1.82, 2.24) is 0 Å². The van der Waals surface area contributed by atoms with E-state index >= 15 is 0 Å². The van der Waals surface area contributed by atoms with Crippen molar-refractivity contribution in [1.29, 1.82) is 0 Å². The molecule has 2 unspecified atom stereocenters. The predicted molar refractivity (Wildman–Crippen MR) is 76.1 cm³/mol. The van der Waals surface area contributed by atoms with Gasteiger partial charge < -0.3 is 0 Å². The zero-order valence-corrected chi connectivity index (χ0v) is 12.5. The lowest BCUT2D eigenvalue weighted by molar-refractivity contribution is 0.0104. The summed E-state index contributed by atoms with van der Waals surface area (Å²) in [6.45, 7) is 12.3. The highest BCUT2D eigenvalue weighted by molar-refractivity contribution is 5.27. The van der Waals surface area contributed by atoms with Gasteiger partial charge in [-0.15, -0.1) is 0 Å². The minimum atomic E-state index is 0.528. The van der Waals surface area contributed by atoms with Crippen molar-refractivity contribution < 1.29 is 0 Å². The first-order chi connectivity index (χ1) is 7.92. The topological polar surface area (TPSA) is 0 Å². The van der Waals surface area contributed by atoms with Crippen molar-refractivity contribution in [3.63, 3.8) is 0 Å². The van der Waals surface area contributed by atoms with Crippen LogP contribution in [-0.2, 0) is 0 Å². The van der Waals surface area contributed by atoms with Gasteiger partial charge in [-0.3, -0.25) is 0 Å². The van der Waals surface area contributed by atoms with Gasteiger partial charge in [-0.05, 0) is 55.8 Å². The van der Waals surface area contributed by atoms with Crippen LogP contribution >= 0.6 is 0 Å². The zero-order valence-electron chi connectivity index (χ0n) is 12.5. The first kappa shape index (κ1) is 13.2. The second-order valence-corrected chi connectivity index (χ2v) is 7.36. The third-order valence-corrected chi connectivity index (χ3v) is 5.74. The number of hydrogen-bond acceptors (Lipinski definition) is 0. The Morgan fingerprint density at radius 1 is 1.18 bits per heavy atom. The second kappa shape index (κ2) is 4.44. The van der Waals surface area contributed by atoms with E-state index in [1.807, 2.05) is 5.57 Å². The smallest absolute Gasteiger partial charge is 0.00804 e. The molecule has 0 bridgehead atoms. The average Bonchev–Trinajstić information content (AvgIpc) is 2.22. The van der Waals surface area contributed by atoms with E-state index in [1.165, 1.54) is 44.9 Å². The summed E-state index contributed by atoms with van der Waals surface area (Å²) >= 11 is 0. The number of hydrogen-bond donors (Lipinski definition) is 0. The van der Waals surface area contributed by atoms with Crippen LogP contribution in [0, 0.1) is 16.7 Å². The number of allylic oxidation sites excluding steroid dienone is 2. The lowest BCUT2D eigenvalue weighted by Gasteiger charge is -2.55. The van der Waals surface area contributed by atoms with E-state index in [0.29, 0.717) is 10.8 Å². The molecule has 2 aliphatic carbocycles. The first-order valence-electron chi connectivity index (χ1n) is 7.61. The van der Waals surface area contributed by atoms with Crippen molar-refractivity contribution in [2.75, 3.05) is 0 Å². The van der Waals surface area contributed by atoms with Gasteiger partial charge in [-0.2, -0.15) is 0 Å². The third kappa shape index (κ3) is 2.09. The minimum Gasteiger partial charge on any atom is -0.0735 e. The molecule has 0 aromatic carbocycles. The lowest BCUT2D eigenvalue weighted by atomic mass is 9.50. The van der Waals surface area contributed by atoms with Gasteiger partial charge in [0.05, 0.1) is 0 Å². The molecule has 0 heterocycles. The van der Waals surface area contributed by atoms with E-state index < -0.39 is 0 Å². The molecule has 0 aromatic heterocycles. The van der Waals surface area contributed by atoms with E-state index in [0.717, 1.165) is 5.92 Å². The molecule has 2 rings (SSSR count). The van der Waals surface area contributed by atoms with Crippen LogP contribution in [-0.4, -0.2) is 0 Å². The second-order valence-electron chi connectivity index (χ2n) is 7.36. The summed E-state index contributed by atoms with van der Waals surface area (Å²) < 4.78 is 0. The van der Waals surface area contributed by atoms with E-state index in [-0.39, 0.29) is 0 Å². The molecule has 1 saturated carbocycles. The van der Waals surface area contributed by atoms with Crippen LogP contribution in [0.3, 0.4) is 0 Å². The largest absolute Gasteiger partial charge is 0.0735 e. The van der Waals surface area contributed by atoms with Crippen molar-refractivity contribution in [2.45, 2.75) is 79.6 Å². The lowest BCUT2D eigenvalue weighted by Crippen LogP contribution is -2.45. The fourth-order valence-electron chi connectivity index (χ4n) is 4.94. The zero-order chi connectivity index (χ0) is 12.7. The van der Waals surface area contributed by atoms with Gasteiger partial charge in [0.25, 0.3) is 0 Å². The van der Waals surface area contributed by atoms with Crippen LogP contribution in [0.5, 0.6) is 0 Å². The molecule has 0 aliphatic heterocycles. The van der Waals surface area contributed by atoms with Crippen LogP contribution in [0.25, 0.3) is 0 Å². The van der Waals surface area contributed by atoms with Gasteiger partial charge >= 0.3 is 0 Å². The maximum atomic E-state index is 2.58. The molecular formula is C17H30. The van der Waals surface area contributed by atoms with Crippen molar-refractivity contribution in [3.05, 3.63) is 11.1 Å². The molecule has 1 fully saturated rings. The Labute approximate surface area is 108 Å². The fraction of sp³-hybridized carbons (Fsp3) is 0.882. The summed E-state index contributed by atoms with van der Waals surface area (Å²) in [6, 6.07) is 0. The Morgan fingerprint density at radius 2 is 1.88 bits per heavy atom. The summed E-state index contributed by atoms with van der Waals surface area (Å²) in [6.07, 6.45) is 9.76. The van der Waals surface area contributed by atoms with Crippen LogP contribution < -0.4 is 0 Å². The van der Waals surface area contributed by atoms with Crippen molar-refractivity contribution in [2.24, 2.45) is 16.7 Å². The summed E-state index contributed by atoms with van der Waals surface area (Å²) in [5.41, 5.74) is 4.65. The van der Waals surface area contributed by atoms with E-state index in [4.69, 9.17) is 0 Å². The highest BCUT2D eigenvalue weighted by atomic mass is 14.5. The monoisotopic (exact) mass is 234 g/mol. The molecule has 0 aromatic rings. The number of fused-ring (bicyclic) bond motifs is 1. The average molecular weight is 234 g/mol. The Hall–Kier alpha value is -0.260. The standard InChI is InChI=1S/C17H30/c1-6-8-14-13(2)9-10-15-16(3,4)11-7-12-17(14,15)5/h15H,6-12H2,1-5H3. The summed E-state index contributed by atoms with van der Waals surface area (Å²) in [7, 11) is 0. The molecule has 2 atom stereocenters.